The molecule has 0 saturated heterocycles. The lowest BCUT2D eigenvalue weighted by molar-refractivity contribution is 0.878. The topological polar surface area (TPSA) is 68.5 Å². The van der Waals surface area contributed by atoms with E-state index in [4.69, 9.17) is 0 Å². The molecular weight excluding hydrogens is 312 g/mol. The van der Waals surface area contributed by atoms with Crippen molar-refractivity contribution in [2.24, 2.45) is 0 Å². The number of para-hydroxylation sites is 1. The van der Waals surface area contributed by atoms with Crippen LogP contribution in [0.4, 0.5) is 11.6 Å². The zero-order chi connectivity index (χ0) is 17.4. The van der Waals surface area contributed by atoms with E-state index >= 15 is 0 Å². The average Bonchev–Trinajstić information content (AvgIpc) is 2.91. The van der Waals surface area contributed by atoms with E-state index in [0.29, 0.717) is 5.95 Å². The minimum absolute atomic E-state index is 0.576. The fraction of sp³-hybridized carbons (Fsp3) is 0.158. The predicted molar refractivity (Wildman–Crippen MR) is 98.4 cm³/mol. The van der Waals surface area contributed by atoms with Crippen molar-refractivity contribution in [1.82, 2.24) is 24.7 Å². The van der Waals surface area contributed by atoms with Crippen LogP contribution in [0.25, 0.3) is 16.7 Å². The second kappa shape index (κ2) is 5.98. The Hall–Kier alpha value is -3.28. The molecule has 0 radical (unpaired) electrons. The number of nitrogens with one attached hydrogen (secondary N) is 1. The van der Waals surface area contributed by atoms with Crippen molar-refractivity contribution in [2.75, 3.05) is 5.32 Å². The molecule has 1 aromatic carbocycles. The molecule has 0 atom stereocenters. The minimum Gasteiger partial charge on any atom is -0.323 e. The van der Waals surface area contributed by atoms with E-state index < -0.39 is 0 Å². The van der Waals surface area contributed by atoms with Gasteiger partial charge in [-0.15, -0.1) is 0 Å². The third-order valence-electron chi connectivity index (χ3n) is 3.95. The standard InChI is InChI=1S/C19H18N6/c1-12-9-13(2)22-19(21-12)23-15-10-17-14(3)24-25(18(17)20-11-15)16-7-5-4-6-8-16/h4-11H,1-3H3,(H,21,22,23). The van der Waals surface area contributed by atoms with Crippen LogP contribution in [-0.4, -0.2) is 24.7 Å². The Bertz CT molecular complexity index is 1030. The molecule has 0 aliphatic rings. The first-order valence-electron chi connectivity index (χ1n) is 8.10. The molecule has 6 nitrogen and oxygen atoms in total. The van der Waals surface area contributed by atoms with Gasteiger partial charge in [0.25, 0.3) is 0 Å². The zero-order valence-electron chi connectivity index (χ0n) is 14.4. The van der Waals surface area contributed by atoms with Gasteiger partial charge >= 0.3 is 0 Å². The number of anilines is 2. The quantitative estimate of drug-likeness (QED) is 0.617. The first-order valence-corrected chi connectivity index (χ1v) is 8.10. The summed E-state index contributed by atoms with van der Waals surface area (Å²) in [7, 11) is 0. The lowest BCUT2D eigenvalue weighted by Crippen LogP contribution is -2.01. The fourth-order valence-corrected chi connectivity index (χ4v) is 2.87. The van der Waals surface area contributed by atoms with E-state index in [9.17, 15) is 0 Å². The molecule has 0 aliphatic heterocycles. The van der Waals surface area contributed by atoms with Gasteiger partial charge in [0.05, 0.1) is 23.3 Å². The lowest BCUT2D eigenvalue weighted by Gasteiger charge is -2.07. The SMILES string of the molecule is Cc1cc(C)nc(Nc2cnc3c(c2)c(C)nn3-c2ccccc2)n1. The van der Waals surface area contributed by atoms with Gasteiger partial charge in [0, 0.05) is 16.8 Å². The summed E-state index contributed by atoms with van der Waals surface area (Å²) in [5, 5.41) is 8.86. The predicted octanol–water partition coefficient (Wildman–Crippen LogP) is 3.88. The Morgan fingerprint density at radius 1 is 0.920 bits per heavy atom. The van der Waals surface area contributed by atoms with Crippen LogP contribution in [0.5, 0.6) is 0 Å². The molecule has 124 valence electrons. The molecule has 0 bridgehead atoms. The number of hydrogen-bond acceptors (Lipinski definition) is 5. The summed E-state index contributed by atoms with van der Waals surface area (Å²) >= 11 is 0. The monoisotopic (exact) mass is 330 g/mol. The smallest absolute Gasteiger partial charge is 0.227 e. The highest BCUT2D eigenvalue weighted by atomic mass is 15.3. The van der Waals surface area contributed by atoms with E-state index in [1.165, 1.54) is 0 Å². The summed E-state index contributed by atoms with van der Waals surface area (Å²) in [5.41, 5.74) is 5.45. The summed E-state index contributed by atoms with van der Waals surface area (Å²) in [5.74, 6) is 0.576. The van der Waals surface area contributed by atoms with Crippen LogP contribution in [0.2, 0.25) is 0 Å². The van der Waals surface area contributed by atoms with Crippen molar-refractivity contribution in [1.29, 1.82) is 0 Å². The Balaban J connectivity index is 1.75. The molecule has 0 fully saturated rings. The van der Waals surface area contributed by atoms with E-state index in [2.05, 4.69) is 25.4 Å². The lowest BCUT2D eigenvalue weighted by atomic mass is 10.2. The summed E-state index contributed by atoms with van der Waals surface area (Å²) in [6.07, 6.45) is 1.78. The molecule has 0 aliphatic carbocycles. The van der Waals surface area contributed by atoms with Gasteiger partial charge in [-0.3, -0.25) is 0 Å². The molecular formula is C19H18N6. The van der Waals surface area contributed by atoms with Gasteiger partial charge in [0.2, 0.25) is 5.95 Å². The van der Waals surface area contributed by atoms with Gasteiger partial charge in [0.15, 0.2) is 5.65 Å². The first-order chi connectivity index (χ1) is 12.1. The highest BCUT2D eigenvalue weighted by Gasteiger charge is 2.11. The molecule has 0 spiro atoms. The van der Waals surface area contributed by atoms with Gasteiger partial charge in [-0.2, -0.15) is 5.10 Å². The van der Waals surface area contributed by atoms with Crippen LogP contribution < -0.4 is 5.32 Å². The van der Waals surface area contributed by atoms with E-state index in [1.807, 2.05) is 67.9 Å². The Kier molecular flexibility index (Phi) is 3.65. The highest BCUT2D eigenvalue weighted by Crippen LogP contribution is 2.24. The maximum absolute atomic E-state index is 4.63. The first kappa shape index (κ1) is 15.3. The summed E-state index contributed by atoms with van der Waals surface area (Å²) in [6, 6.07) is 14.0. The van der Waals surface area contributed by atoms with Gasteiger partial charge in [-0.05, 0) is 45.0 Å². The summed E-state index contributed by atoms with van der Waals surface area (Å²) in [6.45, 7) is 5.89. The van der Waals surface area contributed by atoms with Crippen molar-refractivity contribution in [2.45, 2.75) is 20.8 Å². The van der Waals surface area contributed by atoms with Crippen molar-refractivity contribution < 1.29 is 0 Å². The Morgan fingerprint density at radius 2 is 1.64 bits per heavy atom. The molecule has 3 heterocycles. The average molecular weight is 330 g/mol. The maximum atomic E-state index is 4.63. The van der Waals surface area contributed by atoms with Crippen LogP contribution in [0.1, 0.15) is 17.1 Å². The molecule has 0 unspecified atom stereocenters. The second-order valence-electron chi connectivity index (χ2n) is 6.03. The van der Waals surface area contributed by atoms with Crippen LogP contribution in [0, 0.1) is 20.8 Å². The number of aryl methyl sites for hydroxylation is 3. The molecule has 6 heteroatoms. The number of aromatic nitrogens is 5. The van der Waals surface area contributed by atoms with Gasteiger partial charge in [-0.25, -0.2) is 19.6 Å². The van der Waals surface area contributed by atoms with Gasteiger partial charge in [0.1, 0.15) is 0 Å². The molecule has 3 aromatic heterocycles. The second-order valence-corrected chi connectivity index (χ2v) is 6.03. The molecule has 1 N–H and O–H groups in total. The molecule has 0 amide bonds. The third kappa shape index (κ3) is 2.94. The summed E-state index contributed by atoms with van der Waals surface area (Å²) in [4.78, 5) is 13.4. The van der Waals surface area contributed by atoms with Crippen LogP contribution >= 0.6 is 0 Å². The number of nitrogens with zero attached hydrogens (tertiary/aromatic N) is 5. The largest absolute Gasteiger partial charge is 0.323 e. The Labute approximate surface area is 145 Å². The van der Waals surface area contributed by atoms with Crippen LogP contribution in [0.15, 0.2) is 48.7 Å². The number of pyridine rings is 1. The van der Waals surface area contributed by atoms with Crippen LogP contribution in [0.3, 0.4) is 0 Å². The number of benzene rings is 1. The van der Waals surface area contributed by atoms with E-state index in [-0.39, 0.29) is 0 Å². The fourth-order valence-electron chi connectivity index (χ4n) is 2.87. The van der Waals surface area contributed by atoms with Crippen molar-refractivity contribution in [3.05, 3.63) is 65.7 Å². The van der Waals surface area contributed by atoms with Crippen molar-refractivity contribution in [3.63, 3.8) is 0 Å². The molecule has 0 saturated carbocycles. The van der Waals surface area contributed by atoms with E-state index in [0.717, 1.165) is 39.5 Å². The van der Waals surface area contributed by atoms with Crippen molar-refractivity contribution >= 4 is 22.7 Å². The van der Waals surface area contributed by atoms with Crippen LogP contribution in [-0.2, 0) is 0 Å². The minimum atomic E-state index is 0.576. The third-order valence-corrected chi connectivity index (χ3v) is 3.95. The van der Waals surface area contributed by atoms with Gasteiger partial charge < -0.3 is 5.32 Å². The summed E-state index contributed by atoms with van der Waals surface area (Å²) < 4.78 is 1.86. The van der Waals surface area contributed by atoms with Crippen molar-refractivity contribution in [3.8, 4) is 5.69 Å². The molecule has 4 aromatic rings. The highest BCUT2D eigenvalue weighted by molar-refractivity contribution is 5.83. The Morgan fingerprint density at radius 3 is 2.36 bits per heavy atom. The zero-order valence-corrected chi connectivity index (χ0v) is 14.4. The molecule has 4 rings (SSSR count). The normalized spacial score (nSPS) is 11.0. The van der Waals surface area contributed by atoms with Gasteiger partial charge in [-0.1, -0.05) is 18.2 Å². The maximum Gasteiger partial charge on any atom is 0.227 e. The number of fused-ring (bicyclic) bond motifs is 1. The molecule has 25 heavy (non-hydrogen) atoms. The number of hydrogen-bond donors (Lipinski definition) is 1. The van der Waals surface area contributed by atoms with E-state index in [1.54, 1.807) is 6.20 Å². The number of rotatable bonds is 3.